The molecule has 0 saturated carbocycles. The topological polar surface area (TPSA) is 84.2 Å². The molecule has 4 N–H and O–H groups in total. The van der Waals surface area contributed by atoms with Crippen molar-refractivity contribution in [1.29, 1.82) is 0 Å². The van der Waals surface area contributed by atoms with E-state index in [-0.39, 0.29) is 4.90 Å². The lowest BCUT2D eigenvalue weighted by molar-refractivity contribution is 0.588. The summed E-state index contributed by atoms with van der Waals surface area (Å²) in [4.78, 5) is 0.121. The standard InChI is InChI=1S/C14H16ClN3O2S/c1-9-3-4-10(15)7-14(9)18-13-6-5-11(8-12(13)16)21(19,20)17-2/h3-8,17-18H,16H2,1-2H3. The molecule has 0 aliphatic rings. The Hall–Kier alpha value is -1.76. The fourth-order valence-corrected chi connectivity index (χ4v) is 2.75. The fourth-order valence-electron chi connectivity index (χ4n) is 1.81. The largest absolute Gasteiger partial charge is 0.397 e. The highest BCUT2D eigenvalue weighted by atomic mass is 35.5. The van der Waals surface area contributed by atoms with Gasteiger partial charge in [-0.1, -0.05) is 17.7 Å². The second-order valence-corrected chi connectivity index (χ2v) is 6.86. The van der Waals surface area contributed by atoms with Crippen molar-refractivity contribution in [2.24, 2.45) is 0 Å². The minimum atomic E-state index is -3.50. The molecule has 0 atom stereocenters. The smallest absolute Gasteiger partial charge is 0.240 e. The van der Waals surface area contributed by atoms with Crippen LogP contribution in [0.2, 0.25) is 5.02 Å². The molecule has 0 fully saturated rings. The second-order valence-electron chi connectivity index (χ2n) is 4.54. The van der Waals surface area contributed by atoms with Crippen molar-refractivity contribution in [1.82, 2.24) is 4.72 Å². The van der Waals surface area contributed by atoms with Gasteiger partial charge in [0.2, 0.25) is 10.0 Å². The van der Waals surface area contributed by atoms with Crippen molar-refractivity contribution in [3.63, 3.8) is 0 Å². The lowest BCUT2D eigenvalue weighted by Crippen LogP contribution is -2.18. The summed E-state index contributed by atoms with van der Waals surface area (Å²) in [5.74, 6) is 0. The predicted molar refractivity (Wildman–Crippen MR) is 86.6 cm³/mol. The zero-order valence-corrected chi connectivity index (χ0v) is 13.2. The highest BCUT2D eigenvalue weighted by molar-refractivity contribution is 7.89. The minimum absolute atomic E-state index is 0.121. The van der Waals surface area contributed by atoms with Gasteiger partial charge >= 0.3 is 0 Å². The van der Waals surface area contributed by atoms with E-state index in [1.54, 1.807) is 18.2 Å². The van der Waals surface area contributed by atoms with Crippen molar-refractivity contribution in [2.75, 3.05) is 18.1 Å². The van der Waals surface area contributed by atoms with Crippen LogP contribution in [0.3, 0.4) is 0 Å². The molecule has 112 valence electrons. The number of sulfonamides is 1. The molecule has 2 aromatic rings. The van der Waals surface area contributed by atoms with Crippen LogP contribution in [0.1, 0.15) is 5.56 Å². The Labute approximate surface area is 129 Å². The van der Waals surface area contributed by atoms with Crippen LogP contribution in [0.5, 0.6) is 0 Å². The first-order valence-electron chi connectivity index (χ1n) is 6.20. The molecule has 0 bridgehead atoms. The molecule has 21 heavy (non-hydrogen) atoms. The third kappa shape index (κ3) is 3.47. The quantitative estimate of drug-likeness (QED) is 0.755. The van der Waals surface area contributed by atoms with Gasteiger partial charge in [0.25, 0.3) is 0 Å². The van der Waals surface area contributed by atoms with E-state index in [0.717, 1.165) is 11.3 Å². The molecule has 2 aromatic carbocycles. The van der Waals surface area contributed by atoms with Crippen molar-refractivity contribution in [3.05, 3.63) is 47.0 Å². The van der Waals surface area contributed by atoms with Gasteiger partial charge in [0, 0.05) is 10.7 Å². The van der Waals surface area contributed by atoms with E-state index >= 15 is 0 Å². The molecular weight excluding hydrogens is 310 g/mol. The summed E-state index contributed by atoms with van der Waals surface area (Å²) in [7, 11) is -2.15. The van der Waals surface area contributed by atoms with Gasteiger partial charge in [0.05, 0.1) is 16.3 Å². The number of halogens is 1. The molecule has 0 aromatic heterocycles. The maximum Gasteiger partial charge on any atom is 0.240 e. The van der Waals surface area contributed by atoms with Crippen molar-refractivity contribution >= 4 is 38.7 Å². The average molecular weight is 326 g/mol. The predicted octanol–water partition coefficient (Wildman–Crippen LogP) is 2.88. The van der Waals surface area contributed by atoms with Crippen molar-refractivity contribution in [2.45, 2.75) is 11.8 Å². The number of nitrogens with two attached hydrogens (primary N) is 1. The monoisotopic (exact) mass is 325 g/mol. The molecular formula is C14H16ClN3O2S. The highest BCUT2D eigenvalue weighted by Crippen LogP contribution is 2.29. The Balaban J connectivity index is 2.36. The van der Waals surface area contributed by atoms with Crippen LogP contribution >= 0.6 is 11.6 Å². The van der Waals surface area contributed by atoms with Gasteiger partial charge in [-0.05, 0) is 49.9 Å². The Bertz CT molecular complexity index is 776. The maximum absolute atomic E-state index is 11.7. The summed E-state index contributed by atoms with van der Waals surface area (Å²) in [5, 5.41) is 3.76. The van der Waals surface area contributed by atoms with Crippen LogP contribution in [0.25, 0.3) is 0 Å². The highest BCUT2D eigenvalue weighted by Gasteiger charge is 2.13. The van der Waals surface area contributed by atoms with Crippen LogP contribution in [-0.2, 0) is 10.0 Å². The molecule has 0 unspecified atom stereocenters. The molecule has 0 aliphatic heterocycles. The molecule has 0 spiro atoms. The molecule has 0 aliphatic carbocycles. The number of nitrogen functional groups attached to an aromatic ring is 1. The van der Waals surface area contributed by atoms with E-state index in [1.165, 1.54) is 19.2 Å². The van der Waals surface area contributed by atoms with Gasteiger partial charge in [-0.25, -0.2) is 13.1 Å². The number of aryl methyl sites for hydroxylation is 1. The Morgan fingerprint density at radius 2 is 1.81 bits per heavy atom. The number of benzene rings is 2. The normalized spacial score (nSPS) is 11.4. The van der Waals surface area contributed by atoms with Gasteiger partial charge in [-0.3, -0.25) is 0 Å². The zero-order valence-electron chi connectivity index (χ0n) is 11.6. The molecule has 0 saturated heterocycles. The van der Waals surface area contributed by atoms with Crippen LogP contribution in [0.4, 0.5) is 17.1 Å². The van der Waals surface area contributed by atoms with E-state index in [2.05, 4.69) is 10.0 Å². The molecule has 0 amide bonds. The number of rotatable bonds is 4. The van der Waals surface area contributed by atoms with E-state index < -0.39 is 10.0 Å². The van der Waals surface area contributed by atoms with Crippen LogP contribution in [0.15, 0.2) is 41.3 Å². The molecule has 0 heterocycles. The molecule has 2 rings (SSSR count). The number of nitrogens with one attached hydrogen (secondary N) is 2. The Kier molecular flexibility index (Phi) is 4.41. The summed E-state index contributed by atoms with van der Waals surface area (Å²) < 4.78 is 25.7. The minimum Gasteiger partial charge on any atom is -0.397 e. The van der Waals surface area contributed by atoms with Gasteiger partial charge in [0.15, 0.2) is 0 Å². The first-order chi connectivity index (χ1) is 9.83. The van der Waals surface area contributed by atoms with Gasteiger partial charge in [-0.15, -0.1) is 0 Å². The van der Waals surface area contributed by atoms with E-state index in [4.69, 9.17) is 17.3 Å². The fraction of sp³-hybridized carbons (Fsp3) is 0.143. The number of hydrogen-bond acceptors (Lipinski definition) is 4. The van der Waals surface area contributed by atoms with Crippen molar-refractivity contribution in [3.8, 4) is 0 Å². The molecule has 5 nitrogen and oxygen atoms in total. The third-order valence-corrected chi connectivity index (χ3v) is 4.72. The Morgan fingerprint density at radius 3 is 2.43 bits per heavy atom. The summed E-state index contributed by atoms with van der Waals surface area (Å²) >= 11 is 5.97. The van der Waals surface area contributed by atoms with E-state index in [0.29, 0.717) is 16.4 Å². The number of anilines is 3. The third-order valence-electron chi connectivity index (χ3n) is 3.07. The Morgan fingerprint density at radius 1 is 1.10 bits per heavy atom. The summed E-state index contributed by atoms with van der Waals surface area (Å²) in [6.07, 6.45) is 0. The van der Waals surface area contributed by atoms with E-state index in [1.807, 2.05) is 13.0 Å². The van der Waals surface area contributed by atoms with Gasteiger partial charge in [-0.2, -0.15) is 0 Å². The average Bonchev–Trinajstić information content (AvgIpc) is 2.44. The van der Waals surface area contributed by atoms with Crippen molar-refractivity contribution < 1.29 is 8.42 Å². The summed E-state index contributed by atoms with van der Waals surface area (Å²) in [6.45, 7) is 1.94. The second kappa shape index (κ2) is 5.93. The summed E-state index contributed by atoms with van der Waals surface area (Å²) in [6, 6.07) is 10.0. The maximum atomic E-state index is 11.7. The first-order valence-corrected chi connectivity index (χ1v) is 8.06. The zero-order chi connectivity index (χ0) is 15.6. The first kappa shape index (κ1) is 15.6. The lowest BCUT2D eigenvalue weighted by Gasteiger charge is -2.13. The van der Waals surface area contributed by atoms with Crippen LogP contribution in [0, 0.1) is 6.92 Å². The SMILES string of the molecule is CNS(=O)(=O)c1ccc(Nc2cc(Cl)ccc2C)c(N)c1. The number of hydrogen-bond donors (Lipinski definition) is 3. The molecule has 0 radical (unpaired) electrons. The van der Waals surface area contributed by atoms with Gasteiger partial charge < -0.3 is 11.1 Å². The lowest BCUT2D eigenvalue weighted by atomic mass is 10.2. The molecule has 7 heteroatoms. The summed E-state index contributed by atoms with van der Waals surface area (Å²) in [5.41, 5.74) is 8.70. The van der Waals surface area contributed by atoms with E-state index in [9.17, 15) is 8.42 Å². The van der Waals surface area contributed by atoms with Crippen LogP contribution in [-0.4, -0.2) is 15.5 Å². The van der Waals surface area contributed by atoms with Crippen LogP contribution < -0.4 is 15.8 Å². The van der Waals surface area contributed by atoms with Gasteiger partial charge in [0.1, 0.15) is 0 Å².